The molecule has 6 nitrogen and oxygen atoms in total. The van der Waals surface area contributed by atoms with Crippen molar-refractivity contribution in [3.05, 3.63) is 53.3 Å². The molecule has 2 aliphatic heterocycles. The fourth-order valence-electron chi connectivity index (χ4n) is 4.31. The Bertz CT molecular complexity index is 840. The van der Waals surface area contributed by atoms with Gasteiger partial charge in [-0.15, -0.1) is 0 Å². The molecule has 0 radical (unpaired) electrons. The molecule has 2 aliphatic rings. The number of benzene rings is 1. The van der Waals surface area contributed by atoms with Crippen molar-refractivity contribution in [2.24, 2.45) is 0 Å². The maximum absolute atomic E-state index is 12.1. The van der Waals surface area contributed by atoms with E-state index in [2.05, 4.69) is 39.9 Å². The predicted octanol–water partition coefficient (Wildman–Crippen LogP) is 2.58. The number of carbonyl (C=O) groups excluding carboxylic acids is 1. The second-order valence-corrected chi connectivity index (χ2v) is 7.59. The smallest absolute Gasteiger partial charge is 0.227 e. The maximum Gasteiger partial charge on any atom is 0.227 e. The van der Waals surface area contributed by atoms with Gasteiger partial charge in [0.25, 0.3) is 0 Å². The minimum absolute atomic E-state index is 0.172. The number of rotatable bonds is 5. The third-order valence-electron chi connectivity index (χ3n) is 5.90. The number of hydrogen-bond donors (Lipinski definition) is 2. The van der Waals surface area contributed by atoms with Crippen LogP contribution in [0.15, 0.2) is 36.7 Å². The summed E-state index contributed by atoms with van der Waals surface area (Å²) in [5.74, 6) is 1.06. The van der Waals surface area contributed by atoms with E-state index in [1.54, 1.807) is 12.0 Å². The van der Waals surface area contributed by atoms with Crippen molar-refractivity contribution in [3.8, 4) is 5.75 Å². The highest BCUT2D eigenvalue weighted by Gasteiger charge is 2.27. The van der Waals surface area contributed by atoms with Crippen LogP contribution in [0.3, 0.4) is 0 Å². The van der Waals surface area contributed by atoms with E-state index >= 15 is 0 Å². The number of amides is 1. The first-order valence-electron chi connectivity index (χ1n) is 10.0. The zero-order valence-corrected chi connectivity index (χ0v) is 16.6. The summed E-state index contributed by atoms with van der Waals surface area (Å²) in [4.78, 5) is 18.0. The molecule has 2 N–H and O–H groups in total. The Morgan fingerprint density at radius 2 is 2.11 bits per heavy atom. The van der Waals surface area contributed by atoms with Gasteiger partial charge in [0.1, 0.15) is 5.75 Å². The molecule has 6 heteroatoms. The molecule has 0 aliphatic carbocycles. The van der Waals surface area contributed by atoms with E-state index in [9.17, 15) is 4.79 Å². The van der Waals surface area contributed by atoms with Crippen LogP contribution in [0, 0.1) is 0 Å². The van der Waals surface area contributed by atoms with Crippen LogP contribution in [0.2, 0.25) is 0 Å². The van der Waals surface area contributed by atoms with E-state index in [1.807, 2.05) is 19.4 Å². The SMILES string of the molecule is COc1cc2c(cc1CNC1CCCNC1c1ccncc1)N(C)C(=O)CC2. The van der Waals surface area contributed by atoms with Gasteiger partial charge in [-0.3, -0.25) is 9.78 Å². The predicted molar refractivity (Wildman–Crippen MR) is 110 cm³/mol. The molecule has 1 aromatic carbocycles. The van der Waals surface area contributed by atoms with Gasteiger partial charge in [-0.1, -0.05) is 0 Å². The summed E-state index contributed by atoms with van der Waals surface area (Å²) >= 11 is 0. The van der Waals surface area contributed by atoms with Gasteiger partial charge in [0, 0.05) is 55.7 Å². The molecule has 1 saturated heterocycles. The molecule has 2 aromatic rings. The van der Waals surface area contributed by atoms with Gasteiger partial charge >= 0.3 is 0 Å². The summed E-state index contributed by atoms with van der Waals surface area (Å²) in [7, 11) is 3.57. The van der Waals surface area contributed by atoms with Gasteiger partial charge in [0.2, 0.25) is 5.91 Å². The summed E-state index contributed by atoms with van der Waals surface area (Å²) in [6, 6.07) is 8.96. The number of aromatic nitrogens is 1. The summed E-state index contributed by atoms with van der Waals surface area (Å²) in [6.07, 6.45) is 7.30. The lowest BCUT2D eigenvalue weighted by Gasteiger charge is -2.34. The molecular formula is C22H28N4O2. The molecule has 2 unspecified atom stereocenters. The average molecular weight is 380 g/mol. The highest BCUT2D eigenvalue weighted by molar-refractivity contribution is 5.96. The molecule has 3 heterocycles. The number of hydrogen-bond acceptors (Lipinski definition) is 5. The fraction of sp³-hybridized carbons (Fsp3) is 0.455. The zero-order chi connectivity index (χ0) is 19.5. The van der Waals surface area contributed by atoms with Gasteiger partial charge in [-0.05, 0) is 61.2 Å². The number of ether oxygens (including phenoxy) is 1. The van der Waals surface area contributed by atoms with E-state index < -0.39 is 0 Å². The van der Waals surface area contributed by atoms with Gasteiger partial charge < -0.3 is 20.3 Å². The third-order valence-corrected chi connectivity index (χ3v) is 5.90. The van der Waals surface area contributed by atoms with Crippen molar-refractivity contribution >= 4 is 11.6 Å². The van der Waals surface area contributed by atoms with Crippen molar-refractivity contribution in [1.29, 1.82) is 0 Å². The Morgan fingerprint density at radius 1 is 1.29 bits per heavy atom. The number of fused-ring (bicyclic) bond motifs is 1. The van der Waals surface area contributed by atoms with Crippen LogP contribution < -0.4 is 20.3 Å². The first-order valence-corrected chi connectivity index (χ1v) is 10.0. The number of carbonyl (C=O) groups is 1. The molecule has 28 heavy (non-hydrogen) atoms. The van der Waals surface area contributed by atoms with Crippen molar-refractivity contribution in [1.82, 2.24) is 15.6 Å². The maximum atomic E-state index is 12.1. The molecule has 1 fully saturated rings. The number of methoxy groups -OCH3 is 1. The summed E-state index contributed by atoms with van der Waals surface area (Å²) in [6.45, 7) is 1.73. The third kappa shape index (κ3) is 3.75. The average Bonchev–Trinajstić information content (AvgIpc) is 2.75. The Balaban J connectivity index is 1.54. The first kappa shape index (κ1) is 18.9. The van der Waals surface area contributed by atoms with Gasteiger partial charge in [0.05, 0.1) is 7.11 Å². The molecule has 1 amide bonds. The minimum atomic E-state index is 0.172. The Kier molecular flexibility index (Phi) is 5.59. The summed E-state index contributed by atoms with van der Waals surface area (Å²) in [5, 5.41) is 7.37. The standard InChI is InChI=1S/C22H28N4O2/c1-26-19-12-17(20(28-2)13-16(19)5-6-21(26)27)14-25-18-4-3-9-24-22(18)15-7-10-23-11-8-15/h7-8,10-13,18,22,24-25H,3-6,9,14H2,1-2H3. The van der Waals surface area contributed by atoms with Crippen LogP contribution in [-0.2, 0) is 17.8 Å². The number of piperidine rings is 1. The Hall–Kier alpha value is -2.44. The number of nitrogens with one attached hydrogen (secondary N) is 2. The minimum Gasteiger partial charge on any atom is -0.496 e. The van der Waals surface area contributed by atoms with Crippen molar-refractivity contribution in [3.63, 3.8) is 0 Å². The van der Waals surface area contributed by atoms with Crippen LogP contribution in [0.4, 0.5) is 5.69 Å². The van der Waals surface area contributed by atoms with E-state index in [0.717, 1.165) is 42.8 Å². The van der Waals surface area contributed by atoms with Crippen LogP contribution in [0.1, 0.15) is 42.0 Å². The number of nitrogens with zero attached hydrogens (tertiary/aromatic N) is 2. The first-order chi connectivity index (χ1) is 13.7. The lowest BCUT2D eigenvalue weighted by atomic mass is 9.92. The molecule has 2 atom stereocenters. The van der Waals surface area contributed by atoms with E-state index in [1.165, 1.54) is 11.1 Å². The molecule has 0 bridgehead atoms. The Morgan fingerprint density at radius 3 is 2.89 bits per heavy atom. The van der Waals surface area contributed by atoms with E-state index in [-0.39, 0.29) is 11.9 Å². The van der Waals surface area contributed by atoms with Crippen LogP contribution >= 0.6 is 0 Å². The zero-order valence-electron chi connectivity index (χ0n) is 16.6. The highest BCUT2D eigenvalue weighted by Crippen LogP contribution is 2.34. The lowest BCUT2D eigenvalue weighted by molar-refractivity contribution is -0.118. The second-order valence-electron chi connectivity index (χ2n) is 7.59. The number of anilines is 1. The van der Waals surface area contributed by atoms with Gasteiger partial charge in [-0.2, -0.15) is 0 Å². The Labute approximate surface area is 166 Å². The number of aryl methyl sites for hydroxylation is 1. The van der Waals surface area contributed by atoms with Gasteiger partial charge in [-0.25, -0.2) is 0 Å². The van der Waals surface area contributed by atoms with E-state index in [4.69, 9.17) is 4.74 Å². The summed E-state index contributed by atoms with van der Waals surface area (Å²) in [5.41, 5.74) is 4.52. The molecule has 0 saturated carbocycles. The normalized spacial score (nSPS) is 22.1. The topological polar surface area (TPSA) is 66.5 Å². The van der Waals surface area contributed by atoms with Crippen LogP contribution in [0.5, 0.6) is 5.75 Å². The largest absolute Gasteiger partial charge is 0.496 e. The molecule has 1 aromatic heterocycles. The fourth-order valence-corrected chi connectivity index (χ4v) is 4.31. The monoisotopic (exact) mass is 380 g/mol. The van der Waals surface area contributed by atoms with Crippen molar-refractivity contribution in [2.45, 2.75) is 44.3 Å². The highest BCUT2D eigenvalue weighted by atomic mass is 16.5. The molecule has 0 spiro atoms. The molecular weight excluding hydrogens is 352 g/mol. The van der Waals surface area contributed by atoms with Crippen LogP contribution in [-0.4, -0.2) is 37.6 Å². The van der Waals surface area contributed by atoms with Crippen molar-refractivity contribution in [2.75, 3.05) is 25.6 Å². The van der Waals surface area contributed by atoms with Crippen molar-refractivity contribution < 1.29 is 9.53 Å². The molecule has 148 valence electrons. The van der Waals surface area contributed by atoms with E-state index in [0.29, 0.717) is 19.0 Å². The second kappa shape index (κ2) is 8.29. The van der Waals surface area contributed by atoms with Gasteiger partial charge in [0.15, 0.2) is 0 Å². The molecule has 4 rings (SSSR count). The summed E-state index contributed by atoms with van der Waals surface area (Å²) < 4.78 is 5.66. The number of pyridine rings is 1. The quantitative estimate of drug-likeness (QED) is 0.835. The lowest BCUT2D eigenvalue weighted by Crippen LogP contribution is -2.45. The van der Waals surface area contributed by atoms with Crippen LogP contribution in [0.25, 0.3) is 0 Å².